The standard InChI is InChI=1S/C14H21NO2/c1-16-8-9-17-14-5-3-2-4-13(14)11-15-10-12-6-7-12/h2-5,12,15H,6-11H2,1H3. The highest BCUT2D eigenvalue weighted by Crippen LogP contribution is 2.27. The number of hydrogen-bond donors (Lipinski definition) is 1. The van der Waals surface area contributed by atoms with E-state index in [-0.39, 0.29) is 0 Å². The molecule has 1 aliphatic carbocycles. The lowest BCUT2D eigenvalue weighted by Crippen LogP contribution is -2.17. The van der Waals surface area contributed by atoms with Crippen LogP contribution in [-0.2, 0) is 11.3 Å². The fraction of sp³-hybridized carbons (Fsp3) is 0.571. The third-order valence-corrected chi connectivity index (χ3v) is 2.96. The van der Waals surface area contributed by atoms with Crippen LogP contribution in [0.3, 0.4) is 0 Å². The van der Waals surface area contributed by atoms with Gasteiger partial charge in [0.2, 0.25) is 0 Å². The van der Waals surface area contributed by atoms with E-state index >= 15 is 0 Å². The SMILES string of the molecule is COCCOc1ccccc1CNCC1CC1. The molecule has 0 amide bonds. The van der Waals surface area contributed by atoms with Gasteiger partial charge in [-0.3, -0.25) is 0 Å². The molecule has 3 nitrogen and oxygen atoms in total. The van der Waals surface area contributed by atoms with Gasteiger partial charge in [0.05, 0.1) is 6.61 Å². The third kappa shape index (κ3) is 4.36. The quantitative estimate of drug-likeness (QED) is 0.701. The average molecular weight is 235 g/mol. The van der Waals surface area contributed by atoms with E-state index in [2.05, 4.69) is 17.4 Å². The summed E-state index contributed by atoms with van der Waals surface area (Å²) in [5, 5.41) is 3.48. The average Bonchev–Trinajstić information content (AvgIpc) is 3.15. The van der Waals surface area contributed by atoms with Crippen LogP contribution in [-0.4, -0.2) is 26.9 Å². The highest BCUT2D eigenvalue weighted by molar-refractivity contribution is 5.33. The summed E-state index contributed by atoms with van der Waals surface area (Å²) in [6.07, 6.45) is 2.78. The van der Waals surface area contributed by atoms with E-state index in [1.807, 2.05) is 12.1 Å². The van der Waals surface area contributed by atoms with E-state index in [1.54, 1.807) is 7.11 Å². The highest BCUT2D eigenvalue weighted by atomic mass is 16.5. The first kappa shape index (κ1) is 12.4. The van der Waals surface area contributed by atoms with Crippen molar-refractivity contribution in [2.45, 2.75) is 19.4 Å². The minimum Gasteiger partial charge on any atom is -0.491 e. The number of para-hydroxylation sites is 1. The van der Waals surface area contributed by atoms with E-state index in [1.165, 1.54) is 18.4 Å². The van der Waals surface area contributed by atoms with Gasteiger partial charge in [0.25, 0.3) is 0 Å². The molecule has 1 N–H and O–H groups in total. The van der Waals surface area contributed by atoms with Crippen LogP contribution in [0.2, 0.25) is 0 Å². The van der Waals surface area contributed by atoms with Gasteiger partial charge in [0, 0.05) is 19.2 Å². The molecule has 0 spiro atoms. The van der Waals surface area contributed by atoms with E-state index in [0.29, 0.717) is 13.2 Å². The minimum absolute atomic E-state index is 0.607. The highest BCUT2D eigenvalue weighted by Gasteiger charge is 2.20. The molecule has 0 radical (unpaired) electrons. The van der Waals surface area contributed by atoms with Crippen molar-refractivity contribution in [2.75, 3.05) is 26.9 Å². The lowest BCUT2D eigenvalue weighted by Gasteiger charge is -2.11. The lowest BCUT2D eigenvalue weighted by molar-refractivity contribution is 0.145. The van der Waals surface area contributed by atoms with E-state index in [9.17, 15) is 0 Å². The fourth-order valence-corrected chi connectivity index (χ4v) is 1.76. The summed E-state index contributed by atoms with van der Waals surface area (Å²) in [5.74, 6) is 1.88. The van der Waals surface area contributed by atoms with Crippen LogP contribution in [0.25, 0.3) is 0 Å². The summed E-state index contributed by atoms with van der Waals surface area (Å²) < 4.78 is 10.7. The monoisotopic (exact) mass is 235 g/mol. The number of rotatable bonds is 8. The molecular formula is C14H21NO2. The minimum atomic E-state index is 0.607. The number of methoxy groups -OCH3 is 1. The third-order valence-electron chi connectivity index (χ3n) is 2.96. The second-order valence-corrected chi connectivity index (χ2v) is 4.52. The molecule has 0 unspecified atom stereocenters. The first-order valence-electron chi connectivity index (χ1n) is 6.30. The molecule has 1 saturated carbocycles. The number of benzene rings is 1. The van der Waals surface area contributed by atoms with Crippen molar-refractivity contribution in [1.82, 2.24) is 5.32 Å². The Labute approximate surface area is 103 Å². The molecule has 94 valence electrons. The molecule has 1 aromatic rings. The van der Waals surface area contributed by atoms with Crippen LogP contribution in [0.15, 0.2) is 24.3 Å². The first-order chi connectivity index (χ1) is 8.40. The van der Waals surface area contributed by atoms with E-state index in [0.717, 1.165) is 24.8 Å². The number of nitrogens with one attached hydrogen (secondary N) is 1. The van der Waals surface area contributed by atoms with Crippen LogP contribution < -0.4 is 10.1 Å². The van der Waals surface area contributed by atoms with Crippen molar-refractivity contribution in [3.63, 3.8) is 0 Å². The van der Waals surface area contributed by atoms with Crippen LogP contribution >= 0.6 is 0 Å². The van der Waals surface area contributed by atoms with Crippen molar-refractivity contribution in [1.29, 1.82) is 0 Å². The Morgan fingerprint density at radius 2 is 2.06 bits per heavy atom. The summed E-state index contributed by atoms with van der Waals surface area (Å²) in [6, 6.07) is 8.19. The van der Waals surface area contributed by atoms with Gasteiger partial charge in [-0.1, -0.05) is 18.2 Å². The number of ether oxygens (including phenoxy) is 2. The molecule has 0 bridgehead atoms. The maximum atomic E-state index is 5.69. The van der Waals surface area contributed by atoms with Gasteiger partial charge in [0.1, 0.15) is 12.4 Å². The lowest BCUT2D eigenvalue weighted by atomic mass is 10.2. The maximum Gasteiger partial charge on any atom is 0.123 e. The van der Waals surface area contributed by atoms with Crippen molar-refractivity contribution >= 4 is 0 Å². The Kier molecular flexibility index (Phi) is 4.83. The maximum absolute atomic E-state index is 5.69. The zero-order valence-electron chi connectivity index (χ0n) is 10.4. The Morgan fingerprint density at radius 3 is 2.82 bits per heavy atom. The molecule has 0 heterocycles. The predicted octanol–water partition coefficient (Wildman–Crippen LogP) is 2.21. The Bertz CT molecular complexity index is 337. The van der Waals surface area contributed by atoms with Crippen LogP contribution in [0.4, 0.5) is 0 Å². The van der Waals surface area contributed by atoms with Gasteiger partial charge in [-0.05, 0) is 31.4 Å². The van der Waals surface area contributed by atoms with E-state index in [4.69, 9.17) is 9.47 Å². The molecule has 3 heteroatoms. The first-order valence-corrected chi connectivity index (χ1v) is 6.30. The van der Waals surface area contributed by atoms with Gasteiger partial charge in [0.15, 0.2) is 0 Å². The van der Waals surface area contributed by atoms with Crippen molar-refractivity contribution in [2.24, 2.45) is 5.92 Å². The molecule has 2 rings (SSSR count). The smallest absolute Gasteiger partial charge is 0.123 e. The summed E-state index contributed by atoms with van der Waals surface area (Å²) >= 11 is 0. The van der Waals surface area contributed by atoms with Gasteiger partial charge in [-0.15, -0.1) is 0 Å². The fourth-order valence-electron chi connectivity index (χ4n) is 1.76. The molecule has 0 atom stereocenters. The molecular weight excluding hydrogens is 214 g/mol. The van der Waals surface area contributed by atoms with Crippen LogP contribution in [0.1, 0.15) is 18.4 Å². The summed E-state index contributed by atoms with van der Waals surface area (Å²) in [7, 11) is 1.69. The molecule has 0 aromatic heterocycles. The Balaban J connectivity index is 1.80. The van der Waals surface area contributed by atoms with Gasteiger partial charge in [-0.25, -0.2) is 0 Å². The second-order valence-electron chi connectivity index (χ2n) is 4.52. The van der Waals surface area contributed by atoms with Gasteiger partial charge < -0.3 is 14.8 Å². The van der Waals surface area contributed by atoms with Crippen molar-refractivity contribution < 1.29 is 9.47 Å². The molecule has 0 saturated heterocycles. The van der Waals surface area contributed by atoms with Gasteiger partial charge >= 0.3 is 0 Å². The molecule has 17 heavy (non-hydrogen) atoms. The molecule has 1 fully saturated rings. The van der Waals surface area contributed by atoms with Crippen molar-refractivity contribution in [3.05, 3.63) is 29.8 Å². The van der Waals surface area contributed by atoms with Crippen LogP contribution in [0.5, 0.6) is 5.75 Å². The zero-order valence-corrected chi connectivity index (χ0v) is 10.4. The second kappa shape index (κ2) is 6.62. The largest absolute Gasteiger partial charge is 0.491 e. The van der Waals surface area contributed by atoms with Crippen LogP contribution in [0, 0.1) is 5.92 Å². The molecule has 1 aliphatic rings. The molecule has 1 aromatic carbocycles. The predicted molar refractivity (Wildman–Crippen MR) is 68.2 cm³/mol. The molecule has 0 aliphatic heterocycles. The topological polar surface area (TPSA) is 30.5 Å². The Morgan fingerprint density at radius 1 is 1.24 bits per heavy atom. The van der Waals surface area contributed by atoms with E-state index < -0.39 is 0 Å². The number of hydrogen-bond acceptors (Lipinski definition) is 3. The van der Waals surface area contributed by atoms with Gasteiger partial charge in [-0.2, -0.15) is 0 Å². The Hall–Kier alpha value is -1.06. The van der Waals surface area contributed by atoms with Crippen molar-refractivity contribution in [3.8, 4) is 5.75 Å². The zero-order chi connectivity index (χ0) is 11.9. The summed E-state index contributed by atoms with van der Waals surface area (Å²) in [5.41, 5.74) is 1.23. The normalized spacial score (nSPS) is 14.9. The summed E-state index contributed by atoms with van der Waals surface area (Å²) in [4.78, 5) is 0. The summed E-state index contributed by atoms with van der Waals surface area (Å²) in [6.45, 7) is 3.26.